The number of carboxylic acid groups (broad SMARTS) is 1. The van der Waals surface area contributed by atoms with Gasteiger partial charge in [-0.05, 0) is 50.5 Å². The van der Waals surface area contributed by atoms with Gasteiger partial charge in [0.25, 0.3) is 5.56 Å². The van der Waals surface area contributed by atoms with E-state index in [1.807, 2.05) is 6.07 Å². The molecule has 38 heavy (non-hydrogen) atoms. The van der Waals surface area contributed by atoms with Gasteiger partial charge < -0.3 is 15.3 Å². The van der Waals surface area contributed by atoms with E-state index >= 15 is 0 Å². The zero-order valence-electron chi connectivity index (χ0n) is 20.4. The predicted octanol–water partition coefficient (Wildman–Crippen LogP) is 4.62. The van der Waals surface area contributed by atoms with Crippen LogP contribution < -0.4 is 15.8 Å². The molecule has 1 spiro atoms. The van der Waals surface area contributed by atoms with Crippen LogP contribution >= 0.6 is 0 Å². The van der Waals surface area contributed by atoms with Crippen LogP contribution in [-0.2, 0) is 0 Å². The zero-order chi connectivity index (χ0) is 27.6. The van der Waals surface area contributed by atoms with Crippen molar-refractivity contribution >= 4 is 23.1 Å². The number of nitriles is 1. The highest BCUT2D eigenvalue weighted by Crippen LogP contribution is 2.76. The third kappa shape index (κ3) is 3.44. The molecule has 2 fully saturated rings. The number of pyridine rings is 1. The van der Waals surface area contributed by atoms with Crippen LogP contribution in [0.15, 0.2) is 41.3 Å². The summed E-state index contributed by atoms with van der Waals surface area (Å²) in [5, 5.41) is 22.4. The van der Waals surface area contributed by atoms with Gasteiger partial charge in [0.2, 0.25) is 0 Å². The number of hydrogen-bond donors (Lipinski definition) is 2. The Morgan fingerprint density at radius 1 is 1.18 bits per heavy atom. The summed E-state index contributed by atoms with van der Waals surface area (Å²) in [6, 6.07) is 9.36. The second-order valence-electron chi connectivity index (χ2n) is 9.83. The molecule has 1 aliphatic heterocycles. The monoisotopic (exact) mass is 529 g/mol. The number of piperidine rings is 1. The van der Waals surface area contributed by atoms with Crippen molar-refractivity contribution in [3.05, 3.63) is 69.1 Å². The molecule has 3 heterocycles. The Hall–Kier alpha value is -4.14. The van der Waals surface area contributed by atoms with Gasteiger partial charge in [-0.2, -0.15) is 22.8 Å². The molecule has 2 aromatic heterocycles. The molecule has 2 aliphatic rings. The maximum atomic E-state index is 13.9. The van der Waals surface area contributed by atoms with Crippen LogP contribution in [-0.4, -0.2) is 45.4 Å². The second kappa shape index (κ2) is 8.44. The number of rotatable bonds is 5. The minimum Gasteiger partial charge on any atom is -0.478 e. The summed E-state index contributed by atoms with van der Waals surface area (Å²) in [4.78, 5) is 31.0. The van der Waals surface area contributed by atoms with Gasteiger partial charge in [-0.25, -0.2) is 9.78 Å². The van der Waals surface area contributed by atoms with Gasteiger partial charge >= 0.3 is 17.8 Å². The molecule has 1 aromatic carbocycles. The SMILES string of the molecule is Cc1cc(C(C)Nc2ccccc2C(=O)O)c2nc(N3CCC4(CC3)C(F)(F)C4(F)F)c(C#N)c(=O)n2c1. The minimum atomic E-state index is -4.08. The van der Waals surface area contributed by atoms with Gasteiger partial charge in [-0.1, -0.05) is 12.1 Å². The lowest BCUT2D eigenvalue weighted by atomic mass is 9.92. The van der Waals surface area contributed by atoms with E-state index in [1.54, 1.807) is 38.1 Å². The van der Waals surface area contributed by atoms with E-state index in [4.69, 9.17) is 0 Å². The van der Waals surface area contributed by atoms with Crippen LogP contribution in [0.5, 0.6) is 0 Å². The smallest absolute Gasteiger partial charge is 0.337 e. The summed E-state index contributed by atoms with van der Waals surface area (Å²) in [6.07, 6.45) is 0.487. The van der Waals surface area contributed by atoms with Crippen molar-refractivity contribution in [1.29, 1.82) is 5.26 Å². The van der Waals surface area contributed by atoms with E-state index in [-0.39, 0.29) is 35.7 Å². The van der Waals surface area contributed by atoms with Crippen molar-refractivity contribution < 1.29 is 27.5 Å². The highest BCUT2D eigenvalue weighted by atomic mass is 19.3. The number of aromatic carboxylic acids is 1. The molecule has 3 aromatic rings. The lowest BCUT2D eigenvalue weighted by Gasteiger charge is -2.33. The molecule has 1 aliphatic carbocycles. The Labute approximate surface area is 214 Å². The number of nitrogens with one attached hydrogen (secondary N) is 1. The van der Waals surface area contributed by atoms with Gasteiger partial charge in [-0.3, -0.25) is 9.20 Å². The number of fused-ring (bicyclic) bond motifs is 1. The maximum absolute atomic E-state index is 13.9. The van der Waals surface area contributed by atoms with Crippen molar-refractivity contribution in [1.82, 2.24) is 9.38 Å². The van der Waals surface area contributed by atoms with Crippen molar-refractivity contribution in [3.63, 3.8) is 0 Å². The fraction of sp³-hybridized carbons (Fsp3) is 0.385. The van der Waals surface area contributed by atoms with Crippen molar-refractivity contribution in [2.24, 2.45) is 5.41 Å². The zero-order valence-corrected chi connectivity index (χ0v) is 20.4. The van der Waals surface area contributed by atoms with Crippen molar-refractivity contribution in [2.45, 2.75) is 44.6 Å². The van der Waals surface area contributed by atoms with Crippen LogP contribution in [0.3, 0.4) is 0 Å². The third-order valence-corrected chi connectivity index (χ3v) is 7.63. The van der Waals surface area contributed by atoms with Crippen molar-refractivity contribution in [3.8, 4) is 6.07 Å². The van der Waals surface area contributed by atoms with E-state index in [1.165, 1.54) is 21.6 Å². The number of aryl methyl sites for hydroxylation is 1. The number of alkyl halides is 4. The largest absolute Gasteiger partial charge is 0.478 e. The summed E-state index contributed by atoms with van der Waals surface area (Å²) in [5.41, 5.74) is -1.66. The Morgan fingerprint density at radius 3 is 2.39 bits per heavy atom. The minimum absolute atomic E-state index is 0.0461. The molecule has 5 rings (SSSR count). The number of hydrogen-bond acceptors (Lipinski definition) is 6. The van der Waals surface area contributed by atoms with Gasteiger partial charge in [-0.15, -0.1) is 0 Å². The molecule has 0 bridgehead atoms. The fourth-order valence-corrected chi connectivity index (χ4v) is 5.40. The van der Waals surface area contributed by atoms with Gasteiger partial charge in [0, 0.05) is 30.5 Å². The number of aromatic nitrogens is 2. The second-order valence-corrected chi connectivity index (χ2v) is 9.83. The topological polar surface area (TPSA) is 111 Å². The fourth-order valence-electron chi connectivity index (χ4n) is 5.40. The Morgan fingerprint density at radius 2 is 1.82 bits per heavy atom. The molecule has 0 amide bonds. The van der Waals surface area contributed by atoms with Crippen LogP contribution in [0, 0.1) is 23.7 Å². The number of carboxylic acids is 1. The predicted molar refractivity (Wildman–Crippen MR) is 130 cm³/mol. The first kappa shape index (κ1) is 25.5. The van der Waals surface area contributed by atoms with E-state index in [0.29, 0.717) is 16.8 Å². The molecular weight excluding hydrogens is 506 g/mol. The van der Waals surface area contributed by atoms with Crippen LogP contribution in [0.4, 0.5) is 29.1 Å². The Kier molecular flexibility index (Phi) is 5.67. The first-order valence-corrected chi connectivity index (χ1v) is 11.9. The maximum Gasteiger partial charge on any atom is 0.337 e. The van der Waals surface area contributed by atoms with Gasteiger partial charge in [0.05, 0.1) is 11.6 Å². The normalized spacial score (nSPS) is 19.7. The summed E-state index contributed by atoms with van der Waals surface area (Å²) in [6.45, 7) is 3.06. The molecule has 1 saturated carbocycles. The summed E-state index contributed by atoms with van der Waals surface area (Å²) < 4.78 is 56.8. The molecule has 8 nitrogen and oxygen atoms in total. The lowest BCUT2D eigenvalue weighted by molar-refractivity contribution is -0.0278. The molecule has 198 valence electrons. The molecule has 1 saturated heterocycles. The van der Waals surface area contributed by atoms with Crippen LogP contribution in [0.1, 0.15) is 52.9 Å². The summed E-state index contributed by atoms with van der Waals surface area (Å²) in [5.74, 6) is -9.35. The first-order chi connectivity index (χ1) is 17.9. The number of anilines is 2. The average Bonchev–Trinajstić information content (AvgIpc) is 3.20. The highest BCUT2D eigenvalue weighted by molar-refractivity contribution is 5.94. The number of benzene rings is 1. The Bertz CT molecular complexity index is 1560. The molecule has 0 radical (unpaired) electrons. The van der Waals surface area contributed by atoms with Gasteiger partial charge in [0.15, 0.2) is 11.4 Å². The number of para-hydroxylation sites is 1. The number of carbonyl (C=O) groups is 1. The number of halogens is 4. The van der Waals surface area contributed by atoms with E-state index in [9.17, 15) is 37.5 Å². The summed E-state index contributed by atoms with van der Waals surface area (Å²) in [7, 11) is 0. The average molecular weight is 529 g/mol. The van der Waals surface area contributed by atoms with Crippen LogP contribution in [0.25, 0.3) is 5.65 Å². The third-order valence-electron chi connectivity index (χ3n) is 7.63. The van der Waals surface area contributed by atoms with Crippen LogP contribution in [0.2, 0.25) is 0 Å². The lowest BCUT2D eigenvalue weighted by Crippen LogP contribution is -2.39. The number of nitrogens with zero attached hydrogens (tertiary/aromatic N) is 4. The molecule has 1 unspecified atom stereocenters. The highest BCUT2D eigenvalue weighted by Gasteiger charge is 2.95. The first-order valence-electron chi connectivity index (χ1n) is 11.9. The molecule has 2 N–H and O–H groups in total. The van der Waals surface area contributed by atoms with E-state index < -0.39 is 47.7 Å². The standard InChI is InChI=1S/C26H23F4N5O3/c1-14-11-17(15(2)32-19-6-4-3-5-16(19)23(37)38)21-33-20(18(12-31)22(36)35(21)13-14)34-9-7-24(8-10-34)25(27,28)26(24,29)30/h3-6,11,13,15,32H,7-10H2,1-2H3,(H,37,38). The van der Waals surface area contributed by atoms with E-state index in [0.717, 1.165) is 0 Å². The Balaban J connectivity index is 1.56. The molecular formula is C26H23F4N5O3. The van der Waals surface area contributed by atoms with E-state index in [2.05, 4.69) is 10.3 Å². The van der Waals surface area contributed by atoms with Crippen molar-refractivity contribution in [2.75, 3.05) is 23.3 Å². The van der Waals surface area contributed by atoms with Gasteiger partial charge in [0.1, 0.15) is 17.1 Å². The quantitative estimate of drug-likeness (QED) is 0.464. The molecule has 1 atom stereocenters. The summed E-state index contributed by atoms with van der Waals surface area (Å²) >= 11 is 0. The molecule has 12 heteroatoms.